The zero-order valence-corrected chi connectivity index (χ0v) is 19.0. The average molecular weight is 439 g/mol. The Morgan fingerprint density at radius 3 is 2.58 bits per heavy atom. The largest absolute Gasteiger partial charge is 0.396 e. The third-order valence-electron chi connectivity index (χ3n) is 5.89. The molecule has 0 saturated carbocycles. The number of hydrogen-bond acceptors (Lipinski definition) is 8. The van der Waals surface area contributed by atoms with E-state index in [9.17, 15) is 5.11 Å². The molecule has 1 aliphatic rings. The van der Waals surface area contributed by atoms with Crippen LogP contribution < -0.4 is 5.32 Å². The normalized spacial score (nSPS) is 16.4. The molecule has 3 aromatic heterocycles. The first-order valence-electron chi connectivity index (χ1n) is 10.9. The number of nitrogens with zero attached hydrogens (tertiary/aromatic N) is 5. The highest BCUT2D eigenvalue weighted by molar-refractivity contribution is 7.15. The fourth-order valence-electron chi connectivity index (χ4n) is 4.15. The van der Waals surface area contributed by atoms with Gasteiger partial charge in [-0.05, 0) is 50.9 Å². The molecule has 164 valence electrons. The van der Waals surface area contributed by atoms with Crippen LogP contribution in [-0.2, 0) is 13.0 Å². The van der Waals surface area contributed by atoms with E-state index < -0.39 is 0 Å². The first-order chi connectivity index (χ1) is 15.1. The van der Waals surface area contributed by atoms with Crippen LogP contribution in [0.15, 0.2) is 36.8 Å². The summed E-state index contributed by atoms with van der Waals surface area (Å²) in [6.07, 6.45) is 8.70. The van der Waals surface area contributed by atoms with E-state index in [1.807, 2.05) is 43.7 Å². The molecule has 0 bridgehead atoms. The van der Waals surface area contributed by atoms with Crippen molar-refractivity contribution in [2.24, 2.45) is 5.92 Å². The fraction of sp³-hybridized carbons (Fsp3) is 0.478. The SMILES string of the molecule is CCc1ncc(CN2CCC(C(CO)c3cccc(Nc4ncc(C)s4)n3)CC2)cn1. The van der Waals surface area contributed by atoms with Crippen LogP contribution in [0.2, 0.25) is 0 Å². The predicted molar refractivity (Wildman–Crippen MR) is 124 cm³/mol. The minimum Gasteiger partial charge on any atom is -0.396 e. The van der Waals surface area contributed by atoms with Crippen LogP contribution in [0.25, 0.3) is 0 Å². The van der Waals surface area contributed by atoms with E-state index in [-0.39, 0.29) is 12.5 Å². The Morgan fingerprint density at radius 2 is 1.94 bits per heavy atom. The number of aliphatic hydroxyl groups excluding tert-OH is 1. The molecule has 4 rings (SSSR count). The molecule has 0 radical (unpaired) electrons. The highest BCUT2D eigenvalue weighted by atomic mass is 32.1. The lowest BCUT2D eigenvalue weighted by molar-refractivity contribution is 0.133. The summed E-state index contributed by atoms with van der Waals surface area (Å²) >= 11 is 1.61. The molecule has 0 spiro atoms. The second-order valence-electron chi connectivity index (χ2n) is 8.11. The molecule has 7 nitrogen and oxygen atoms in total. The third-order valence-corrected chi connectivity index (χ3v) is 6.71. The van der Waals surface area contributed by atoms with Crippen LogP contribution in [0.3, 0.4) is 0 Å². The number of hydrogen-bond donors (Lipinski definition) is 2. The van der Waals surface area contributed by atoms with Gasteiger partial charge in [-0.1, -0.05) is 13.0 Å². The maximum atomic E-state index is 10.2. The fourth-order valence-corrected chi connectivity index (χ4v) is 4.82. The number of aromatic nitrogens is 4. The van der Waals surface area contributed by atoms with E-state index in [1.165, 1.54) is 0 Å². The average Bonchev–Trinajstić information content (AvgIpc) is 3.21. The number of aliphatic hydroxyl groups is 1. The summed E-state index contributed by atoms with van der Waals surface area (Å²) in [6.45, 7) is 7.11. The quantitative estimate of drug-likeness (QED) is 0.551. The second kappa shape index (κ2) is 10.3. The van der Waals surface area contributed by atoms with Crippen LogP contribution in [0.5, 0.6) is 0 Å². The molecule has 1 atom stereocenters. The van der Waals surface area contributed by atoms with Gasteiger partial charge in [0, 0.05) is 53.6 Å². The molecule has 1 saturated heterocycles. The summed E-state index contributed by atoms with van der Waals surface area (Å²) in [5, 5.41) is 14.3. The molecule has 0 aromatic carbocycles. The van der Waals surface area contributed by atoms with E-state index in [2.05, 4.69) is 32.1 Å². The smallest absolute Gasteiger partial charge is 0.188 e. The van der Waals surface area contributed by atoms with Gasteiger partial charge < -0.3 is 10.4 Å². The zero-order chi connectivity index (χ0) is 21.6. The van der Waals surface area contributed by atoms with Gasteiger partial charge in [0.1, 0.15) is 11.6 Å². The Bertz CT molecular complexity index is 968. The number of thiazole rings is 1. The molecule has 2 N–H and O–H groups in total. The molecule has 4 heterocycles. The number of rotatable bonds is 8. The topological polar surface area (TPSA) is 87.1 Å². The first kappa shape index (κ1) is 21.8. The number of piperidine rings is 1. The van der Waals surface area contributed by atoms with Crippen LogP contribution in [0, 0.1) is 12.8 Å². The van der Waals surface area contributed by atoms with E-state index in [1.54, 1.807) is 11.3 Å². The lowest BCUT2D eigenvalue weighted by Crippen LogP contribution is -2.36. The van der Waals surface area contributed by atoms with Gasteiger partial charge in [-0.2, -0.15) is 0 Å². The van der Waals surface area contributed by atoms with Gasteiger partial charge >= 0.3 is 0 Å². The van der Waals surface area contributed by atoms with Crippen molar-refractivity contribution in [1.82, 2.24) is 24.8 Å². The minimum absolute atomic E-state index is 0.0501. The Labute approximate surface area is 187 Å². The van der Waals surface area contributed by atoms with Gasteiger partial charge in [0.05, 0.1) is 6.61 Å². The highest BCUT2D eigenvalue weighted by Crippen LogP contribution is 2.33. The Hall–Kier alpha value is -2.42. The number of anilines is 2. The third kappa shape index (κ3) is 5.64. The lowest BCUT2D eigenvalue weighted by atomic mass is 9.82. The number of nitrogens with one attached hydrogen (secondary N) is 1. The second-order valence-corrected chi connectivity index (χ2v) is 9.35. The number of pyridine rings is 1. The summed E-state index contributed by atoms with van der Waals surface area (Å²) in [5.74, 6) is 2.14. The van der Waals surface area contributed by atoms with Gasteiger partial charge in [-0.3, -0.25) is 4.90 Å². The van der Waals surface area contributed by atoms with E-state index >= 15 is 0 Å². The summed E-state index contributed by atoms with van der Waals surface area (Å²) < 4.78 is 0. The van der Waals surface area contributed by atoms with E-state index in [0.29, 0.717) is 5.92 Å². The molecular formula is C23H30N6OS. The molecule has 1 aliphatic heterocycles. The number of likely N-dealkylation sites (tertiary alicyclic amines) is 1. The Morgan fingerprint density at radius 1 is 1.16 bits per heavy atom. The van der Waals surface area contributed by atoms with Crippen molar-refractivity contribution < 1.29 is 5.11 Å². The maximum Gasteiger partial charge on any atom is 0.188 e. The van der Waals surface area contributed by atoms with Crippen molar-refractivity contribution in [3.63, 3.8) is 0 Å². The molecular weight excluding hydrogens is 408 g/mol. The van der Waals surface area contributed by atoms with Crippen molar-refractivity contribution in [2.45, 2.75) is 45.6 Å². The van der Waals surface area contributed by atoms with Crippen LogP contribution in [0.1, 0.15) is 47.6 Å². The van der Waals surface area contributed by atoms with E-state index in [0.717, 1.165) is 71.8 Å². The maximum absolute atomic E-state index is 10.2. The predicted octanol–water partition coefficient (Wildman–Crippen LogP) is 3.93. The Kier molecular flexibility index (Phi) is 7.21. The van der Waals surface area contributed by atoms with Crippen molar-refractivity contribution in [3.8, 4) is 0 Å². The summed E-state index contributed by atoms with van der Waals surface area (Å²) in [6, 6.07) is 5.98. The molecule has 3 aromatic rings. The summed E-state index contributed by atoms with van der Waals surface area (Å²) in [4.78, 5) is 21.6. The lowest BCUT2D eigenvalue weighted by Gasteiger charge is -2.35. The van der Waals surface area contributed by atoms with Gasteiger partial charge in [0.15, 0.2) is 5.13 Å². The van der Waals surface area contributed by atoms with Gasteiger partial charge in [-0.25, -0.2) is 19.9 Å². The molecule has 1 unspecified atom stereocenters. The summed E-state index contributed by atoms with van der Waals surface area (Å²) in [5.41, 5.74) is 2.11. The highest BCUT2D eigenvalue weighted by Gasteiger charge is 2.28. The van der Waals surface area contributed by atoms with Crippen molar-refractivity contribution in [1.29, 1.82) is 0 Å². The summed E-state index contributed by atoms with van der Waals surface area (Å²) in [7, 11) is 0. The molecule has 31 heavy (non-hydrogen) atoms. The van der Waals surface area contributed by atoms with Crippen LogP contribution in [-0.4, -0.2) is 49.6 Å². The monoisotopic (exact) mass is 438 g/mol. The van der Waals surface area contributed by atoms with Gasteiger partial charge in [0.2, 0.25) is 0 Å². The van der Waals surface area contributed by atoms with Crippen LogP contribution in [0.4, 0.5) is 10.9 Å². The van der Waals surface area contributed by atoms with E-state index in [4.69, 9.17) is 4.98 Å². The van der Waals surface area contributed by atoms with Gasteiger partial charge in [-0.15, -0.1) is 11.3 Å². The zero-order valence-electron chi connectivity index (χ0n) is 18.2. The molecule has 8 heteroatoms. The van der Waals surface area contributed by atoms with Crippen molar-refractivity contribution >= 4 is 22.3 Å². The van der Waals surface area contributed by atoms with Crippen LogP contribution >= 0.6 is 11.3 Å². The minimum atomic E-state index is 0.0501. The Balaban J connectivity index is 1.36. The number of aryl methyl sites for hydroxylation is 2. The molecule has 0 aliphatic carbocycles. The molecule has 0 amide bonds. The van der Waals surface area contributed by atoms with Gasteiger partial charge in [0.25, 0.3) is 0 Å². The van der Waals surface area contributed by atoms with Crippen molar-refractivity contribution in [2.75, 3.05) is 25.0 Å². The first-order valence-corrected chi connectivity index (χ1v) is 11.8. The molecule has 1 fully saturated rings. The standard InChI is InChI=1S/C23H30N6OS/c1-3-21-24-12-17(13-25-21)14-29-9-7-18(8-10-29)19(15-30)20-5-4-6-22(27-20)28-23-26-11-16(2)31-23/h4-6,11-13,18-19,30H,3,7-10,14-15H2,1-2H3,(H,26,27,28). The van der Waals surface area contributed by atoms with Crippen molar-refractivity contribution in [3.05, 3.63) is 58.7 Å².